The van der Waals surface area contributed by atoms with E-state index >= 15 is 0 Å². The third-order valence-electron chi connectivity index (χ3n) is 3.27. The summed E-state index contributed by atoms with van der Waals surface area (Å²) in [5.74, 6) is -0.336. The van der Waals surface area contributed by atoms with Crippen molar-refractivity contribution in [1.82, 2.24) is 5.43 Å². The molecule has 2 N–H and O–H groups in total. The van der Waals surface area contributed by atoms with Gasteiger partial charge >= 0.3 is 6.18 Å². The number of hydrogen-bond donors (Lipinski definition) is 2. The Hall–Kier alpha value is -1.93. The number of nitrogens with one attached hydrogen (secondary N) is 2. The third-order valence-corrected chi connectivity index (χ3v) is 3.27. The van der Waals surface area contributed by atoms with Crippen LogP contribution in [0.5, 0.6) is 0 Å². The monoisotopic (exact) mass is 316 g/mol. The van der Waals surface area contributed by atoms with Gasteiger partial charge in [-0.1, -0.05) is 18.2 Å². The van der Waals surface area contributed by atoms with Gasteiger partial charge in [0.2, 0.25) is 0 Å². The van der Waals surface area contributed by atoms with Crippen molar-refractivity contribution < 1.29 is 27.6 Å². The topological polar surface area (TPSA) is 55.1 Å². The Balaban J connectivity index is 1.91. The number of morpholine rings is 1. The average Bonchev–Trinajstić information content (AvgIpc) is 2.48. The van der Waals surface area contributed by atoms with Gasteiger partial charge in [-0.05, 0) is 6.07 Å². The van der Waals surface area contributed by atoms with Crippen LogP contribution in [0, 0.1) is 0 Å². The molecule has 1 aromatic carbocycles. The second-order valence-corrected chi connectivity index (χ2v) is 4.92. The predicted molar refractivity (Wildman–Crippen MR) is 73.6 cm³/mol. The minimum atomic E-state index is -4.45. The molecule has 0 saturated carbocycles. The average molecular weight is 316 g/mol. The fraction of sp³-hybridized carbons (Fsp3) is 0.429. The van der Waals surface area contributed by atoms with Gasteiger partial charge in [0.05, 0.1) is 25.0 Å². The first-order valence-corrected chi connectivity index (χ1v) is 6.86. The molecule has 1 fully saturated rings. The number of carbonyl (C=O) groups excluding carboxylic acids is 1. The first-order valence-electron chi connectivity index (χ1n) is 6.86. The Labute approximate surface area is 125 Å². The summed E-state index contributed by atoms with van der Waals surface area (Å²) in [5, 5.41) is 3.61. The van der Waals surface area contributed by atoms with Crippen molar-refractivity contribution in [3.05, 3.63) is 35.4 Å². The van der Waals surface area contributed by atoms with Crippen LogP contribution in [-0.4, -0.2) is 45.0 Å². The first-order chi connectivity index (χ1) is 10.5. The number of amides is 1. The van der Waals surface area contributed by atoms with E-state index < -0.39 is 11.7 Å². The molecule has 5 nitrogen and oxygen atoms in total. The van der Waals surface area contributed by atoms with E-state index in [2.05, 4.69) is 10.5 Å². The summed E-state index contributed by atoms with van der Waals surface area (Å²) >= 11 is 0. The van der Waals surface area contributed by atoms with Crippen molar-refractivity contribution in [2.75, 3.05) is 32.8 Å². The SMILES string of the molecule is O=C(C[NH+]1CCOCC1)NN=Cc1ccccc1C(F)(F)F. The lowest BCUT2D eigenvalue weighted by Crippen LogP contribution is -3.15. The van der Waals surface area contributed by atoms with Gasteiger partial charge in [0.25, 0.3) is 5.91 Å². The molecule has 0 unspecified atom stereocenters. The maximum Gasteiger partial charge on any atom is 0.417 e. The van der Waals surface area contributed by atoms with Crippen LogP contribution >= 0.6 is 0 Å². The summed E-state index contributed by atoms with van der Waals surface area (Å²) in [6.45, 7) is 2.89. The smallest absolute Gasteiger partial charge is 0.370 e. The van der Waals surface area contributed by atoms with Gasteiger partial charge in [0, 0.05) is 5.56 Å². The van der Waals surface area contributed by atoms with E-state index in [-0.39, 0.29) is 18.0 Å². The highest BCUT2D eigenvalue weighted by atomic mass is 19.4. The fourth-order valence-electron chi connectivity index (χ4n) is 2.14. The summed E-state index contributed by atoms with van der Waals surface area (Å²) < 4.78 is 43.5. The molecular weight excluding hydrogens is 299 g/mol. The molecule has 1 saturated heterocycles. The highest BCUT2D eigenvalue weighted by molar-refractivity contribution is 5.84. The molecular formula is C14H17F3N3O2+. The van der Waals surface area contributed by atoms with Crippen molar-refractivity contribution >= 4 is 12.1 Å². The van der Waals surface area contributed by atoms with E-state index in [0.29, 0.717) is 13.2 Å². The molecule has 1 aliphatic rings. The molecule has 2 rings (SSSR count). The van der Waals surface area contributed by atoms with Gasteiger partial charge in [-0.15, -0.1) is 0 Å². The molecule has 0 bridgehead atoms. The van der Waals surface area contributed by atoms with Gasteiger partial charge < -0.3 is 9.64 Å². The van der Waals surface area contributed by atoms with Crippen LogP contribution < -0.4 is 10.3 Å². The number of quaternary nitrogens is 1. The van der Waals surface area contributed by atoms with E-state index in [1.807, 2.05) is 0 Å². The van der Waals surface area contributed by atoms with E-state index in [1.165, 1.54) is 18.2 Å². The van der Waals surface area contributed by atoms with Gasteiger partial charge in [-0.25, -0.2) is 5.43 Å². The Kier molecular flexibility index (Phi) is 5.51. The quantitative estimate of drug-likeness (QED) is 0.610. The van der Waals surface area contributed by atoms with Crippen molar-refractivity contribution in [3.8, 4) is 0 Å². The zero-order valence-electron chi connectivity index (χ0n) is 11.8. The number of benzene rings is 1. The predicted octanol–water partition coefficient (Wildman–Crippen LogP) is 0.0706. The maximum atomic E-state index is 12.8. The minimum absolute atomic E-state index is 0.0889. The van der Waals surface area contributed by atoms with Gasteiger partial charge in [0.1, 0.15) is 13.1 Å². The number of rotatable bonds is 4. The largest absolute Gasteiger partial charge is 0.417 e. The van der Waals surface area contributed by atoms with Gasteiger partial charge in [-0.3, -0.25) is 4.79 Å². The number of ether oxygens (including phenoxy) is 1. The molecule has 0 aromatic heterocycles. The summed E-state index contributed by atoms with van der Waals surface area (Å²) in [6, 6.07) is 5.06. The number of halogens is 3. The Morgan fingerprint density at radius 2 is 2.00 bits per heavy atom. The molecule has 8 heteroatoms. The van der Waals surface area contributed by atoms with Crippen molar-refractivity contribution in [1.29, 1.82) is 0 Å². The number of alkyl halides is 3. The summed E-state index contributed by atoms with van der Waals surface area (Å²) in [6.07, 6.45) is -3.44. The number of carbonyl (C=O) groups is 1. The Bertz CT molecular complexity index is 540. The van der Waals surface area contributed by atoms with E-state index in [4.69, 9.17) is 4.74 Å². The number of hydrazone groups is 1. The molecule has 1 aliphatic heterocycles. The maximum absolute atomic E-state index is 12.8. The fourth-order valence-corrected chi connectivity index (χ4v) is 2.14. The number of hydrogen-bond acceptors (Lipinski definition) is 3. The summed E-state index contributed by atoms with van der Waals surface area (Å²) in [7, 11) is 0. The molecule has 120 valence electrons. The zero-order valence-corrected chi connectivity index (χ0v) is 11.8. The normalized spacial score (nSPS) is 16.9. The first kappa shape index (κ1) is 16.4. The van der Waals surface area contributed by atoms with Crippen LogP contribution in [0.1, 0.15) is 11.1 Å². The third kappa shape index (κ3) is 4.81. The zero-order chi connectivity index (χ0) is 16.0. The van der Waals surface area contributed by atoms with E-state index in [9.17, 15) is 18.0 Å². The van der Waals surface area contributed by atoms with Crippen LogP contribution in [0.3, 0.4) is 0 Å². The second kappa shape index (κ2) is 7.37. The van der Waals surface area contributed by atoms with Crippen molar-refractivity contribution in [2.24, 2.45) is 5.10 Å². The molecule has 0 radical (unpaired) electrons. The lowest BCUT2D eigenvalue weighted by atomic mass is 10.1. The Morgan fingerprint density at radius 1 is 1.32 bits per heavy atom. The Morgan fingerprint density at radius 3 is 2.68 bits per heavy atom. The van der Waals surface area contributed by atoms with Crippen LogP contribution in [0.2, 0.25) is 0 Å². The van der Waals surface area contributed by atoms with Crippen LogP contribution in [-0.2, 0) is 15.7 Å². The van der Waals surface area contributed by atoms with Crippen molar-refractivity contribution in [3.63, 3.8) is 0 Å². The van der Waals surface area contributed by atoms with E-state index in [0.717, 1.165) is 30.3 Å². The highest BCUT2D eigenvalue weighted by Crippen LogP contribution is 2.30. The van der Waals surface area contributed by atoms with Gasteiger partial charge in [0.15, 0.2) is 6.54 Å². The van der Waals surface area contributed by atoms with Crippen molar-refractivity contribution in [2.45, 2.75) is 6.18 Å². The molecule has 0 aliphatic carbocycles. The minimum Gasteiger partial charge on any atom is -0.370 e. The standard InChI is InChI=1S/C14H16F3N3O2/c15-14(16,17)12-4-2-1-3-11(12)9-18-19-13(21)10-20-5-7-22-8-6-20/h1-4,9H,5-8,10H2,(H,19,21)/p+1. The molecule has 22 heavy (non-hydrogen) atoms. The van der Waals surface area contributed by atoms with E-state index in [1.54, 1.807) is 0 Å². The second-order valence-electron chi connectivity index (χ2n) is 4.92. The highest BCUT2D eigenvalue weighted by Gasteiger charge is 2.32. The summed E-state index contributed by atoms with van der Waals surface area (Å²) in [4.78, 5) is 12.7. The van der Waals surface area contributed by atoms with Gasteiger partial charge in [-0.2, -0.15) is 18.3 Å². The molecule has 1 heterocycles. The number of nitrogens with zero attached hydrogens (tertiary/aromatic N) is 1. The molecule has 1 amide bonds. The summed E-state index contributed by atoms with van der Waals surface area (Å²) in [5.41, 5.74) is 1.38. The van der Waals surface area contributed by atoms with Crippen LogP contribution in [0.25, 0.3) is 0 Å². The molecule has 0 atom stereocenters. The lowest BCUT2D eigenvalue weighted by Gasteiger charge is -2.22. The molecule has 1 aromatic rings. The van der Waals surface area contributed by atoms with Crippen LogP contribution in [0.4, 0.5) is 13.2 Å². The lowest BCUT2D eigenvalue weighted by molar-refractivity contribution is -0.900. The molecule has 0 spiro atoms. The van der Waals surface area contributed by atoms with Crippen LogP contribution in [0.15, 0.2) is 29.4 Å².